The van der Waals surface area contributed by atoms with Crippen LogP contribution in [0.4, 0.5) is 0 Å². The number of nitrogens with zero attached hydrogens (tertiary/aromatic N) is 1. The van der Waals surface area contributed by atoms with E-state index in [-0.39, 0.29) is 0 Å². The van der Waals surface area contributed by atoms with Crippen LogP contribution < -0.4 is 9.75 Å². The zero-order valence-corrected chi connectivity index (χ0v) is 24.3. The third-order valence-corrected chi connectivity index (χ3v) is 14.8. The van der Waals surface area contributed by atoms with E-state index in [1.54, 1.807) is 10.8 Å². The van der Waals surface area contributed by atoms with Crippen molar-refractivity contribution in [2.24, 2.45) is 7.05 Å². The molecule has 1 aliphatic rings. The van der Waals surface area contributed by atoms with Gasteiger partial charge in [-0.1, -0.05) is 100 Å². The number of pyridine rings is 1. The molecule has 1 saturated carbocycles. The summed E-state index contributed by atoms with van der Waals surface area (Å²) in [6.07, 6.45) is 7.60. The molecule has 0 amide bonds. The molecule has 4 aromatic rings. The summed E-state index contributed by atoms with van der Waals surface area (Å²) in [7, 11) is 0.603. The first-order valence-electron chi connectivity index (χ1n) is 13.7. The molecule has 0 aliphatic heterocycles. The van der Waals surface area contributed by atoms with Crippen molar-refractivity contribution in [2.45, 2.75) is 77.4 Å². The van der Waals surface area contributed by atoms with Crippen LogP contribution in [0.1, 0.15) is 63.5 Å². The van der Waals surface area contributed by atoms with Crippen molar-refractivity contribution in [3.05, 3.63) is 84.1 Å². The van der Waals surface area contributed by atoms with Gasteiger partial charge in [-0.05, 0) is 70.5 Å². The van der Waals surface area contributed by atoms with E-state index < -0.39 is 8.07 Å². The van der Waals surface area contributed by atoms with Crippen molar-refractivity contribution in [2.75, 3.05) is 0 Å². The minimum atomic E-state index is -1.61. The van der Waals surface area contributed by atoms with Crippen molar-refractivity contribution < 1.29 is 4.57 Å². The molecule has 0 atom stereocenters. The van der Waals surface area contributed by atoms with E-state index in [4.69, 9.17) is 0 Å². The first-order valence-corrected chi connectivity index (χ1v) is 16.7. The molecule has 1 aromatic heterocycles. The number of hydrogen-bond donors (Lipinski definition) is 0. The Morgan fingerprint density at radius 3 is 2.19 bits per heavy atom. The van der Waals surface area contributed by atoms with E-state index in [9.17, 15) is 0 Å². The van der Waals surface area contributed by atoms with Crippen molar-refractivity contribution in [1.82, 2.24) is 0 Å². The van der Waals surface area contributed by atoms with Crippen molar-refractivity contribution in [1.29, 1.82) is 0 Å². The van der Waals surface area contributed by atoms with Gasteiger partial charge >= 0.3 is 0 Å². The van der Waals surface area contributed by atoms with Crippen LogP contribution in [0.15, 0.2) is 72.9 Å². The van der Waals surface area contributed by atoms with E-state index >= 15 is 0 Å². The summed E-state index contributed by atoms with van der Waals surface area (Å²) in [5.74, 6) is 0.679. The fraction of sp³-hybridized carbons (Fsp3) is 0.382. The summed E-state index contributed by atoms with van der Waals surface area (Å²) in [5.41, 5.74) is 8.38. The second-order valence-corrected chi connectivity index (χ2v) is 17.9. The lowest BCUT2D eigenvalue weighted by molar-refractivity contribution is -0.659. The average molecular weight is 493 g/mol. The third kappa shape index (κ3) is 4.34. The standard InChI is InChI=1S/C34H42NSi/c1-24-31(26-15-11-12-16-26)22-28(25-13-9-8-10-14-25)23-32(24)33-30-18-17-29(36(6,7)34(2,3)4)21-27(30)19-20-35(33)5/h8-10,13-14,17-23,26H,11-12,15-16H2,1-7H3/q+1. The summed E-state index contributed by atoms with van der Waals surface area (Å²) in [4.78, 5) is 0. The smallest absolute Gasteiger partial charge is 0.200 e. The number of fused-ring (bicyclic) bond motifs is 1. The highest BCUT2D eigenvalue weighted by molar-refractivity contribution is 6.92. The first kappa shape index (κ1) is 25.0. The van der Waals surface area contributed by atoms with Gasteiger partial charge in [-0.15, -0.1) is 0 Å². The third-order valence-electron chi connectivity index (χ3n) is 9.34. The maximum absolute atomic E-state index is 2.51. The predicted octanol–water partition coefficient (Wildman–Crippen LogP) is 8.68. The second-order valence-electron chi connectivity index (χ2n) is 12.5. The molecule has 0 unspecified atom stereocenters. The Hall–Kier alpha value is -2.71. The maximum atomic E-state index is 2.51. The molecule has 3 aromatic carbocycles. The molecule has 1 fully saturated rings. The van der Waals surface area contributed by atoms with Crippen LogP contribution in [-0.4, -0.2) is 8.07 Å². The van der Waals surface area contributed by atoms with Gasteiger partial charge in [0.15, 0.2) is 6.20 Å². The molecule has 0 bridgehead atoms. The minimum Gasteiger partial charge on any atom is -0.200 e. The molecule has 1 heterocycles. The van der Waals surface area contributed by atoms with Gasteiger partial charge in [0, 0.05) is 6.07 Å². The van der Waals surface area contributed by atoms with Crippen LogP contribution in [0.5, 0.6) is 0 Å². The number of hydrogen-bond acceptors (Lipinski definition) is 0. The van der Waals surface area contributed by atoms with Gasteiger partial charge in [0.1, 0.15) is 7.05 Å². The topological polar surface area (TPSA) is 3.88 Å². The van der Waals surface area contributed by atoms with Crippen LogP contribution in [0, 0.1) is 6.92 Å². The minimum absolute atomic E-state index is 0.319. The lowest BCUT2D eigenvalue weighted by Crippen LogP contribution is -2.49. The molecule has 0 radical (unpaired) electrons. The maximum Gasteiger partial charge on any atom is 0.220 e. The lowest BCUT2D eigenvalue weighted by Gasteiger charge is -2.37. The van der Waals surface area contributed by atoms with Crippen molar-refractivity contribution in [3.63, 3.8) is 0 Å². The molecule has 1 nitrogen and oxygen atoms in total. The fourth-order valence-electron chi connectivity index (χ4n) is 5.97. The molecule has 5 rings (SSSR count). The fourth-order valence-corrected chi connectivity index (χ4v) is 7.85. The van der Waals surface area contributed by atoms with Crippen molar-refractivity contribution in [3.8, 4) is 22.4 Å². The zero-order chi connectivity index (χ0) is 25.7. The Morgan fingerprint density at radius 1 is 0.833 bits per heavy atom. The van der Waals surface area contributed by atoms with Crippen LogP contribution in [0.2, 0.25) is 18.1 Å². The predicted molar refractivity (Wildman–Crippen MR) is 159 cm³/mol. The van der Waals surface area contributed by atoms with E-state index in [2.05, 4.69) is 125 Å². The molecule has 0 spiro atoms. The molecule has 1 aliphatic carbocycles. The number of aromatic nitrogens is 1. The highest BCUT2D eigenvalue weighted by atomic mass is 28.3. The van der Waals surface area contributed by atoms with Gasteiger partial charge in [0.2, 0.25) is 5.69 Å². The lowest BCUT2D eigenvalue weighted by atomic mass is 9.85. The Bertz CT molecular complexity index is 1400. The van der Waals surface area contributed by atoms with Gasteiger partial charge in [-0.2, -0.15) is 0 Å². The molecule has 36 heavy (non-hydrogen) atoms. The summed E-state index contributed by atoms with van der Waals surface area (Å²) in [6, 6.07) is 25.5. The van der Waals surface area contributed by atoms with Crippen LogP contribution in [-0.2, 0) is 7.05 Å². The van der Waals surface area contributed by atoms with Gasteiger partial charge < -0.3 is 0 Å². The molecule has 186 valence electrons. The quantitative estimate of drug-likeness (QED) is 0.198. The SMILES string of the molecule is Cc1c(-c2c3ccc([Si](C)(C)C(C)(C)C)cc3cc[n+]2C)cc(-c2ccccc2)cc1C1CCCC1. The monoisotopic (exact) mass is 492 g/mol. The summed E-state index contributed by atoms with van der Waals surface area (Å²) >= 11 is 0. The van der Waals surface area contributed by atoms with E-state index in [0.717, 1.165) is 0 Å². The molecular weight excluding hydrogens is 450 g/mol. The Kier molecular flexibility index (Phi) is 6.45. The van der Waals surface area contributed by atoms with Gasteiger partial charge in [0.05, 0.1) is 19.0 Å². The first-order chi connectivity index (χ1) is 17.1. The zero-order valence-electron chi connectivity index (χ0n) is 23.3. The van der Waals surface area contributed by atoms with Gasteiger partial charge in [-0.3, -0.25) is 0 Å². The van der Waals surface area contributed by atoms with Crippen LogP contribution in [0.3, 0.4) is 0 Å². The van der Waals surface area contributed by atoms with E-state index in [1.807, 2.05) is 0 Å². The van der Waals surface area contributed by atoms with Crippen LogP contribution >= 0.6 is 0 Å². The molecule has 0 N–H and O–H groups in total. The summed E-state index contributed by atoms with van der Waals surface area (Å²) in [6.45, 7) is 14.6. The van der Waals surface area contributed by atoms with Gasteiger partial charge in [-0.25, -0.2) is 4.57 Å². The van der Waals surface area contributed by atoms with E-state index in [1.165, 1.54) is 64.4 Å². The van der Waals surface area contributed by atoms with Gasteiger partial charge in [0.25, 0.3) is 0 Å². The Labute approximate surface area is 219 Å². The Morgan fingerprint density at radius 2 is 1.53 bits per heavy atom. The Balaban J connectivity index is 1.75. The number of aryl methyl sites for hydroxylation is 1. The normalized spacial score (nSPS) is 15.1. The molecule has 0 saturated heterocycles. The number of benzene rings is 3. The molecular formula is C34H42NSi+. The average Bonchev–Trinajstić information content (AvgIpc) is 3.39. The van der Waals surface area contributed by atoms with Crippen LogP contribution in [0.25, 0.3) is 33.2 Å². The van der Waals surface area contributed by atoms with E-state index in [0.29, 0.717) is 11.0 Å². The highest BCUT2D eigenvalue weighted by Crippen LogP contribution is 2.42. The summed E-state index contributed by atoms with van der Waals surface area (Å²) < 4.78 is 2.34. The second kappa shape index (κ2) is 9.30. The summed E-state index contributed by atoms with van der Waals surface area (Å²) in [5, 5.41) is 4.58. The molecule has 2 heteroatoms. The largest absolute Gasteiger partial charge is 0.220 e. The van der Waals surface area contributed by atoms with Crippen molar-refractivity contribution >= 4 is 24.0 Å². The highest BCUT2D eigenvalue weighted by Gasteiger charge is 2.37. The number of rotatable bonds is 4.